The van der Waals surface area contributed by atoms with Crippen LogP contribution in [-0.2, 0) is 16.6 Å². The molecule has 0 saturated carbocycles. The van der Waals surface area contributed by atoms with Gasteiger partial charge in [-0.25, -0.2) is 18.5 Å². The van der Waals surface area contributed by atoms with Gasteiger partial charge in [-0.3, -0.25) is 4.79 Å². The minimum Gasteiger partial charge on any atom is -0.346 e. The first kappa shape index (κ1) is 15.6. The number of fused-ring (bicyclic) bond motifs is 1. The Morgan fingerprint density at radius 3 is 2.65 bits per heavy atom. The van der Waals surface area contributed by atoms with Crippen molar-refractivity contribution >= 4 is 38.2 Å². The van der Waals surface area contributed by atoms with E-state index in [1.54, 1.807) is 12.1 Å². The van der Waals surface area contributed by atoms with Crippen molar-refractivity contribution in [3.05, 3.63) is 59.1 Å². The van der Waals surface area contributed by atoms with Crippen LogP contribution in [-0.4, -0.2) is 19.3 Å². The second kappa shape index (κ2) is 6.07. The number of pyridine rings is 1. The quantitative estimate of drug-likeness (QED) is 0.752. The average molecular weight is 347 g/mol. The van der Waals surface area contributed by atoms with Gasteiger partial charge in [0.1, 0.15) is 9.90 Å². The third kappa shape index (κ3) is 3.55. The number of carbonyl (C=O) groups is 1. The first-order valence-electron chi connectivity index (χ1n) is 6.69. The fourth-order valence-electron chi connectivity index (χ4n) is 2.06. The number of nitrogens with zero attached hydrogens (tertiary/aromatic N) is 1. The molecule has 0 aliphatic heterocycles. The number of carbonyl (C=O) groups excluding carboxylic acids is 1. The molecule has 0 unspecified atom stereocenters. The summed E-state index contributed by atoms with van der Waals surface area (Å²) in [6, 6.07) is 14.1. The number of hydrogen-bond acceptors (Lipinski definition) is 5. The lowest BCUT2D eigenvalue weighted by atomic mass is 10.2. The lowest BCUT2D eigenvalue weighted by Crippen LogP contribution is -2.23. The topological polar surface area (TPSA) is 102 Å². The van der Waals surface area contributed by atoms with Crippen molar-refractivity contribution in [2.75, 3.05) is 0 Å². The summed E-state index contributed by atoms with van der Waals surface area (Å²) < 4.78 is 22.5. The number of primary sulfonamides is 1. The summed E-state index contributed by atoms with van der Waals surface area (Å²) in [6.07, 6.45) is 0. The van der Waals surface area contributed by atoms with Gasteiger partial charge in [-0.1, -0.05) is 24.3 Å². The Kier molecular flexibility index (Phi) is 4.12. The number of nitrogens with two attached hydrogens (primary N) is 1. The highest BCUT2D eigenvalue weighted by molar-refractivity contribution is 7.91. The predicted molar refractivity (Wildman–Crippen MR) is 88.6 cm³/mol. The number of hydrogen-bond donors (Lipinski definition) is 2. The first-order valence-corrected chi connectivity index (χ1v) is 9.05. The highest BCUT2D eigenvalue weighted by atomic mass is 32.2. The number of benzene rings is 1. The molecule has 2 heterocycles. The summed E-state index contributed by atoms with van der Waals surface area (Å²) in [5.74, 6) is -0.318. The second-order valence-corrected chi connectivity index (χ2v) is 7.79. The molecule has 0 aliphatic rings. The van der Waals surface area contributed by atoms with Gasteiger partial charge >= 0.3 is 0 Å². The van der Waals surface area contributed by atoms with Crippen LogP contribution in [0.15, 0.2) is 52.7 Å². The largest absolute Gasteiger partial charge is 0.346 e. The Hall–Kier alpha value is -2.29. The van der Waals surface area contributed by atoms with E-state index in [4.69, 9.17) is 5.14 Å². The van der Waals surface area contributed by atoms with Gasteiger partial charge in [-0.2, -0.15) is 0 Å². The highest BCUT2D eigenvalue weighted by Gasteiger charge is 2.12. The van der Waals surface area contributed by atoms with Gasteiger partial charge < -0.3 is 5.32 Å². The number of para-hydroxylation sites is 1. The summed E-state index contributed by atoms with van der Waals surface area (Å²) in [6.45, 7) is 0.216. The van der Waals surface area contributed by atoms with Gasteiger partial charge in [-0.15, -0.1) is 11.3 Å². The zero-order chi connectivity index (χ0) is 16.4. The minimum absolute atomic E-state index is 0.0746. The molecular formula is C15H13N3O3S2. The van der Waals surface area contributed by atoms with Crippen LogP contribution in [0, 0.1) is 0 Å². The van der Waals surface area contributed by atoms with E-state index in [1.807, 2.05) is 30.3 Å². The van der Waals surface area contributed by atoms with Crippen LogP contribution in [0.25, 0.3) is 10.9 Å². The summed E-state index contributed by atoms with van der Waals surface area (Å²) >= 11 is 1.03. The molecule has 23 heavy (non-hydrogen) atoms. The standard InChI is InChI=1S/C15H13N3O3S2/c16-23(20,21)14-8-6-11(22-14)9-17-15(19)13-7-5-10-3-1-2-4-12(10)18-13/h1-8H,9H2,(H,17,19)(H2,16,20,21). The lowest BCUT2D eigenvalue weighted by Gasteiger charge is -2.04. The van der Waals surface area contributed by atoms with E-state index in [0.717, 1.165) is 22.2 Å². The fraction of sp³-hybridized carbons (Fsp3) is 0.0667. The molecule has 0 aliphatic carbocycles. The molecule has 0 atom stereocenters. The maximum Gasteiger partial charge on any atom is 0.270 e. The molecule has 118 valence electrons. The summed E-state index contributed by atoms with van der Waals surface area (Å²) in [5, 5.41) is 8.73. The lowest BCUT2D eigenvalue weighted by molar-refractivity contribution is 0.0946. The van der Waals surface area contributed by atoms with Crippen molar-refractivity contribution in [1.29, 1.82) is 0 Å². The number of nitrogens with one attached hydrogen (secondary N) is 1. The maximum atomic E-state index is 12.2. The van der Waals surface area contributed by atoms with Crippen molar-refractivity contribution < 1.29 is 13.2 Å². The van der Waals surface area contributed by atoms with Crippen LogP contribution >= 0.6 is 11.3 Å². The summed E-state index contributed by atoms with van der Waals surface area (Å²) in [7, 11) is -3.70. The van der Waals surface area contributed by atoms with Gasteiger partial charge in [0.05, 0.1) is 12.1 Å². The molecule has 6 nitrogen and oxygen atoms in total. The minimum atomic E-state index is -3.70. The molecule has 0 spiro atoms. The maximum absolute atomic E-state index is 12.2. The molecule has 0 bridgehead atoms. The number of aromatic nitrogens is 1. The monoisotopic (exact) mass is 347 g/mol. The van der Waals surface area contributed by atoms with Crippen LogP contribution in [0.2, 0.25) is 0 Å². The Labute approximate surface area is 137 Å². The fourth-order valence-corrected chi connectivity index (χ4v) is 3.77. The zero-order valence-electron chi connectivity index (χ0n) is 11.9. The second-order valence-electron chi connectivity index (χ2n) is 4.84. The van der Waals surface area contributed by atoms with Gasteiger partial charge in [-0.05, 0) is 24.3 Å². The van der Waals surface area contributed by atoms with Crippen LogP contribution in [0.4, 0.5) is 0 Å². The number of thiophene rings is 1. The molecule has 3 N–H and O–H groups in total. The number of rotatable bonds is 4. The molecule has 0 saturated heterocycles. The molecule has 2 aromatic heterocycles. The third-order valence-corrected chi connectivity index (χ3v) is 5.70. The summed E-state index contributed by atoms with van der Waals surface area (Å²) in [4.78, 5) is 17.2. The van der Waals surface area contributed by atoms with Gasteiger partial charge in [0.2, 0.25) is 10.0 Å². The van der Waals surface area contributed by atoms with Crippen LogP contribution in [0.5, 0.6) is 0 Å². The van der Waals surface area contributed by atoms with Gasteiger partial charge in [0.15, 0.2) is 0 Å². The third-order valence-electron chi connectivity index (χ3n) is 3.17. The van der Waals surface area contributed by atoms with Crippen LogP contribution in [0.1, 0.15) is 15.4 Å². The van der Waals surface area contributed by atoms with Crippen molar-refractivity contribution in [2.24, 2.45) is 5.14 Å². The van der Waals surface area contributed by atoms with E-state index in [2.05, 4.69) is 10.3 Å². The number of sulfonamides is 1. The zero-order valence-corrected chi connectivity index (χ0v) is 13.5. The smallest absolute Gasteiger partial charge is 0.270 e. The Balaban J connectivity index is 1.72. The van der Waals surface area contributed by atoms with Gasteiger partial charge in [0, 0.05) is 10.3 Å². The molecular weight excluding hydrogens is 334 g/mol. The van der Waals surface area contributed by atoms with E-state index < -0.39 is 10.0 Å². The first-order chi connectivity index (χ1) is 10.9. The Morgan fingerprint density at radius 2 is 1.91 bits per heavy atom. The van der Waals surface area contributed by atoms with Crippen LogP contribution < -0.4 is 10.5 Å². The van der Waals surface area contributed by atoms with Crippen molar-refractivity contribution in [3.63, 3.8) is 0 Å². The number of amides is 1. The average Bonchev–Trinajstić information content (AvgIpc) is 3.01. The van der Waals surface area contributed by atoms with E-state index >= 15 is 0 Å². The molecule has 3 rings (SSSR count). The molecule has 0 radical (unpaired) electrons. The van der Waals surface area contributed by atoms with Gasteiger partial charge in [0.25, 0.3) is 5.91 Å². The van der Waals surface area contributed by atoms with E-state index in [1.165, 1.54) is 6.07 Å². The highest BCUT2D eigenvalue weighted by Crippen LogP contribution is 2.20. The summed E-state index contributed by atoms with van der Waals surface area (Å²) in [5.41, 5.74) is 1.06. The van der Waals surface area contributed by atoms with Crippen LogP contribution in [0.3, 0.4) is 0 Å². The van der Waals surface area contributed by atoms with E-state index in [-0.39, 0.29) is 16.7 Å². The molecule has 8 heteroatoms. The SMILES string of the molecule is NS(=O)(=O)c1ccc(CNC(=O)c2ccc3ccccc3n2)s1. The van der Waals surface area contributed by atoms with E-state index in [0.29, 0.717) is 10.6 Å². The molecule has 1 aromatic carbocycles. The van der Waals surface area contributed by atoms with Crippen molar-refractivity contribution in [1.82, 2.24) is 10.3 Å². The van der Waals surface area contributed by atoms with Crippen molar-refractivity contribution in [2.45, 2.75) is 10.8 Å². The van der Waals surface area contributed by atoms with Crippen molar-refractivity contribution in [3.8, 4) is 0 Å². The molecule has 3 aromatic rings. The molecule has 0 fully saturated rings. The predicted octanol–water partition coefficient (Wildman–Crippen LogP) is 1.87. The van der Waals surface area contributed by atoms with E-state index in [9.17, 15) is 13.2 Å². The Morgan fingerprint density at radius 1 is 1.13 bits per heavy atom. The molecule has 1 amide bonds. The Bertz CT molecular complexity index is 980. The normalized spacial score (nSPS) is 11.5.